The molecule has 1 aliphatic rings. The maximum absolute atomic E-state index is 11.7. The van der Waals surface area contributed by atoms with Gasteiger partial charge in [0.2, 0.25) is 0 Å². The molecule has 1 saturated heterocycles. The second kappa shape index (κ2) is 7.96. The SMILES string of the molecule is COC(=O)C1CN1CCO[Si](c1ccccc1)(c1ccccc1)C(C)(C)C. The molecule has 0 spiro atoms. The monoisotopic (exact) mass is 383 g/mol. The second-order valence-corrected chi connectivity index (χ2v) is 12.4. The first-order valence-electron chi connectivity index (χ1n) is 9.47. The molecule has 144 valence electrons. The highest BCUT2D eigenvalue weighted by Crippen LogP contribution is 2.36. The third-order valence-electron chi connectivity index (χ3n) is 5.30. The van der Waals surface area contributed by atoms with Crippen LogP contribution in [0.15, 0.2) is 60.7 Å². The van der Waals surface area contributed by atoms with Crippen LogP contribution in [-0.4, -0.2) is 52.0 Å². The summed E-state index contributed by atoms with van der Waals surface area (Å²) in [4.78, 5) is 13.8. The van der Waals surface area contributed by atoms with Gasteiger partial charge in [0.1, 0.15) is 6.04 Å². The average molecular weight is 384 g/mol. The van der Waals surface area contributed by atoms with Gasteiger partial charge < -0.3 is 9.16 Å². The quantitative estimate of drug-likeness (QED) is 0.418. The number of rotatable bonds is 7. The number of hydrogen-bond acceptors (Lipinski definition) is 4. The Balaban J connectivity index is 1.87. The summed E-state index contributed by atoms with van der Waals surface area (Å²) in [7, 11) is -1.05. The lowest BCUT2D eigenvalue weighted by Crippen LogP contribution is -2.66. The molecule has 2 atom stereocenters. The summed E-state index contributed by atoms with van der Waals surface area (Å²) in [5.74, 6) is -0.152. The maximum Gasteiger partial charge on any atom is 0.324 e. The van der Waals surface area contributed by atoms with Gasteiger partial charge in [-0.2, -0.15) is 0 Å². The van der Waals surface area contributed by atoms with E-state index in [0.717, 1.165) is 13.1 Å². The van der Waals surface area contributed by atoms with Gasteiger partial charge in [0, 0.05) is 19.7 Å². The van der Waals surface area contributed by atoms with Gasteiger partial charge in [-0.25, -0.2) is 0 Å². The predicted octanol–water partition coefficient (Wildman–Crippen LogP) is 2.42. The molecule has 1 aliphatic heterocycles. The van der Waals surface area contributed by atoms with E-state index in [9.17, 15) is 4.79 Å². The Morgan fingerprint density at radius 2 is 1.56 bits per heavy atom. The second-order valence-electron chi connectivity index (χ2n) is 8.05. The molecule has 0 radical (unpaired) electrons. The maximum atomic E-state index is 11.7. The Morgan fingerprint density at radius 3 is 2.00 bits per heavy atom. The molecule has 4 nitrogen and oxygen atoms in total. The van der Waals surface area contributed by atoms with Gasteiger partial charge in [0.25, 0.3) is 8.32 Å². The lowest BCUT2D eigenvalue weighted by Gasteiger charge is -2.43. The Kier molecular flexibility index (Phi) is 5.84. The molecule has 2 aromatic rings. The first kappa shape index (κ1) is 19.8. The third-order valence-corrected chi connectivity index (χ3v) is 10.3. The number of benzene rings is 2. The van der Waals surface area contributed by atoms with E-state index >= 15 is 0 Å². The van der Waals surface area contributed by atoms with Crippen LogP contribution >= 0.6 is 0 Å². The van der Waals surface area contributed by atoms with Crippen LogP contribution in [-0.2, 0) is 14.0 Å². The van der Waals surface area contributed by atoms with Crippen molar-refractivity contribution >= 4 is 24.7 Å². The highest BCUT2D eigenvalue weighted by atomic mass is 28.4. The molecule has 0 N–H and O–H groups in total. The van der Waals surface area contributed by atoms with Crippen molar-refractivity contribution in [3.8, 4) is 0 Å². The first-order chi connectivity index (χ1) is 12.9. The van der Waals surface area contributed by atoms with E-state index in [4.69, 9.17) is 9.16 Å². The van der Waals surface area contributed by atoms with Gasteiger partial charge in [0.15, 0.2) is 0 Å². The number of ether oxygens (including phenoxy) is 1. The van der Waals surface area contributed by atoms with E-state index in [2.05, 4.69) is 74.2 Å². The fourth-order valence-electron chi connectivity index (χ4n) is 3.86. The number of esters is 1. The van der Waals surface area contributed by atoms with Crippen molar-refractivity contribution in [1.82, 2.24) is 4.90 Å². The largest absolute Gasteiger partial charge is 0.468 e. The zero-order valence-electron chi connectivity index (χ0n) is 16.6. The highest BCUT2D eigenvalue weighted by molar-refractivity contribution is 6.99. The minimum Gasteiger partial charge on any atom is -0.468 e. The van der Waals surface area contributed by atoms with Crippen LogP contribution in [0.1, 0.15) is 20.8 Å². The molecular formula is C22H29NO3Si. The zero-order valence-corrected chi connectivity index (χ0v) is 17.6. The Bertz CT molecular complexity index is 719. The van der Waals surface area contributed by atoms with E-state index in [0.29, 0.717) is 6.61 Å². The van der Waals surface area contributed by atoms with Crippen molar-refractivity contribution in [2.24, 2.45) is 0 Å². The van der Waals surface area contributed by atoms with Crippen LogP contribution in [0.5, 0.6) is 0 Å². The Labute approximate surface area is 163 Å². The van der Waals surface area contributed by atoms with Crippen molar-refractivity contribution in [3.63, 3.8) is 0 Å². The summed E-state index contributed by atoms with van der Waals surface area (Å²) in [6.07, 6.45) is 0. The van der Waals surface area contributed by atoms with Crippen LogP contribution in [0.4, 0.5) is 0 Å². The minimum absolute atomic E-state index is 0.0314. The van der Waals surface area contributed by atoms with Crippen LogP contribution in [0.3, 0.4) is 0 Å². The van der Waals surface area contributed by atoms with Crippen molar-refractivity contribution in [3.05, 3.63) is 60.7 Å². The first-order valence-corrected chi connectivity index (χ1v) is 11.4. The molecule has 0 amide bonds. The summed E-state index contributed by atoms with van der Waals surface area (Å²) < 4.78 is 11.7. The molecular weight excluding hydrogens is 354 g/mol. The molecule has 0 bridgehead atoms. The average Bonchev–Trinajstić information content (AvgIpc) is 3.44. The highest BCUT2D eigenvalue weighted by Gasteiger charge is 2.50. The lowest BCUT2D eigenvalue weighted by molar-refractivity contribution is -0.140. The van der Waals surface area contributed by atoms with E-state index in [1.54, 1.807) is 0 Å². The fourth-order valence-corrected chi connectivity index (χ4v) is 8.41. The molecule has 2 unspecified atom stereocenters. The van der Waals surface area contributed by atoms with E-state index in [1.807, 2.05) is 12.1 Å². The minimum atomic E-state index is -2.49. The summed E-state index contributed by atoms with van der Waals surface area (Å²) >= 11 is 0. The molecule has 3 rings (SSSR count). The van der Waals surface area contributed by atoms with E-state index < -0.39 is 8.32 Å². The molecule has 0 aliphatic carbocycles. The number of nitrogens with zero attached hydrogens (tertiary/aromatic N) is 1. The molecule has 1 fully saturated rings. The molecule has 27 heavy (non-hydrogen) atoms. The zero-order chi connectivity index (χ0) is 19.5. The van der Waals surface area contributed by atoms with Gasteiger partial charge in [0.05, 0.1) is 7.11 Å². The van der Waals surface area contributed by atoms with Gasteiger partial charge in [-0.05, 0) is 15.4 Å². The van der Waals surface area contributed by atoms with Crippen molar-refractivity contribution in [2.75, 3.05) is 26.8 Å². The number of hydrogen-bond donors (Lipinski definition) is 0. The standard InChI is InChI=1S/C22H29NO3Si/c1-22(2,3)27(18-11-7-5-8-12-18,19-13-9-6-10-14-19)26-16-15-23-17-20(23)21(24)25-4/h5-14,20H,15-17H2,1-4H3. The Morgan fingerprint density at radius 1 is 1.04 bits per heavy atom. The van der Waals surface area contributed by atoms with Gasteiger partial charge in [-0.1, -0.05) is 81.4 Å². The van der Waals surface area contributed by atoms with Gasteiger partial charge >= 0.3 is 5.97 Å². The van der Waals surface area contributed by atoms with Crippen molar-refractivity contribution in [1.29, 1.82) is 0 Å². The Hall–Kier alpha value is -1.95. The lowest BCUT2D eigenvalue weighted by atomic mass is 10.2. The molecule has 0 aromatic heterocycles. The van der Waals surface area contributed by atoms with Gasteiger partial charge in [-0.15, -0.1) is 0 Å². The summed E-state index contributed by atoms with van der Waals surface area (Å²) in [5, 5.41) is 2.52. The smallest absolute Gasteiger partial charge is 0.324 e. The van der Waals surface area contributed by atoms with E-state index in [-0.39, 0.29) is 17.0 Å². The number of methoxy groups -OCH3 is 1. The number of carbonyl (C=O) groups excluding carboxylic acids is 1. The molecule has 2 aromatic carbocycles. The summed E-state index contributed by atoms with van der Waals surface area (Å²) in [5.41, 5.74) is 0. The topological polar surface area (TPSA) is 38.5 Å². The molecule has 0 saturated carbocycles. The van der Waals surface area contributed by atoms with Crippen molar-refractivity contribution in [2.45, 2.75) is 31.9 Å². The van der Waals surface area contributed by atoms with Gasteiger partial charge in [-0.3, -0.25) is 9.69 Å². The molecule has 1 heterocycles. The predicted molar refractivity (Wildman–Crippen MR) is 111 cm³/mol. The van der Waals surface area contributed by atoms with Crippen LogP contribution in [0.2, 0.25) is 5.04 Å². The third kappa shape index (κ3) is 4.00. The van der Waals surface area contributed by atoms with Crippen LogP contribution in [0.25, 0.3) is 0 Å². The normalized spacial score (nSPS) is 19.6. The number of carbonyl (C=O) groups is 1. The van der Waals surface area contributed by atoms with Crippen LogP contribution < -0.4 is 10.4 Å². The van der Waals surface area contributed by atoms with E-state index in [1.165, 1.54) is 17.5 Å². The summed E-state index contributed by atoms with van der Waals surface area (Å²) in [6.45, 7) is 8.91. The van der Waals surface area contributed by atoms with Crippen LogP contribution in [0, 0.1) is 0 Å². The fraction of sp³-hybridized carbons (Fsp3) is 0.409. The molecule has 5 heteroatoms. The summed E-state index contributed by atoms with van der Waals surface area (Å²) in [6, 6.07) is 21.1. The van der Waals surface area contributed by atoms with Crippen molar-refractivity contribution < 1.29 is 14.0 Å².